The van der Waals surface area contributed by atoms with Gasteiger partial charge in [0.25, 0.3) is 0 Å². The fourth-order valence-electron chi connectivity index (χ4n) is 2.33. The van der Waals surface area contributed by atoms with Crippen LogP contribution in [0, 0.1) is 0 Å². The minimum absolute atomic E-state index is 0.143. The molecule has 1 aliphatic carbocycles. The summed E-state index contributed by atoms with van der Waals surface area (Å²) in [6, 6.07) is 3.47. The van der Waals surface area contributed by atoms with Gasteiger partial charge in [-0.3, -0.25) is 0 Å². The first-order valence-corrected chi connectivity index (χ1v) is 9.52. The summed E-state index contributed by atoms with van der Waals surface area (Å²) in [5, 5.41) is -0.436. The largest absolute Gasteiger partial charge is 0.487 e. The number of rotatable bonds is 5. The van der Waals surface area contributed by atoms with Crippen LogP contribution in [0.4, 0.5) is 0 Å². The second-order valence-corrected chi connectivity index (χ2v) is 8.66. The molecule has 1 aromatic rings. The molecule has 118 valence electrons. The van der Waals surface area contributed by atoms with Gasteiger partial charge in [-0.15, -0.1) is 0 Å². The number of nitrogens with one attached hydrogen (secondary N) is 1. The van der Waals surface area contributed by atoms with Crippen LogP contribution >= 0.6 is 15.9 Å². The molecule has 1 N–H and O–H groups in total. The topological polar surface area (TPSA) is 68.3 Å². The van der Waals surface area contributed by atoms with Crippen molar-refractivity contribution in [1.29, 1.82) is 0 Å². The van der Waals surface area contributed by atoms with Gasteiger partial charge in [-0.05, 0) is 61.2 Å². The number of pyridine rings is 1. The molecule has 7 heteroatoms. The molecule has 0 bridgehead atoms. The average molecular weight is 377 g/mol. The summed E-state index contributed by atoms with van der Waals surface area (Å²) < 4.78 is 33.6. The molecule has 1 aliphatic rings. The molecular weight excluding hydrogens is 356 g/mol. The number of aromatic nitrogens is 1. The van der Waals surface area contributed by atoms with Crippen molar-refractivity contribution in [2.45, 2.75) is 56.9 Å². The molecule has 0 radical (unpaired) electrons. The highest BCUT2D eigenvalue weighted by Crippen LogP contribution is 2.25. The third-order valence-electron chi connectivity index (χ3n) is 3.63. The molecule has 2 unspecified atom stereocenters. The lowest BCUT2D eigenvalue weighted by Crippen LogP contribution is -2.49. The van der Waals surface area contributed by atoms with E-state index in [4.69, 9.17) is 4.74 Å². The lowest BCUT2D eigenvalue weighted by Gasteiger charge is -2.32. The lowest BCUT2D eigenvalue weighted by atomic mass is 9.93. The average Bonchev–Trinajstić information content (AvgIpc) is 2.43. The first kappa shape index (κ1) is 16.7. The number of halogens is 1. The molecule has 0 aliphatic heterocycles. The third-order valence-corrected chi connectivity index (χ3v) is 5.97. The molecular formula is C14H21BrN2O3S. The van der Waals surface area contributed by atoms with Crippen LogP contribution in [0.1, 0.15) is 39.5 Å². The maximum absolute atomic E-state index is 12.1. The van der Waals surface area contributed by atoms with E-state index in [1.54, 1.807) is 20.0 Å². The Morgan fingerprint density at radius 2 is 2.05 bits per heavy atom. The van der Waals surface area contributed by atoms with E-state index in [-0.39, 0.29) is 12.1 Å². The van der Waals surface area contributed by atoms with Crippen LogP contribution in [0.25, 0.3) is 0 Å². The Bertz CT molecular complexity index is 560. The summed E-state index contributed by atoms with van der Waals surface area (Å²) in [6.45, 7) is 3.36. The highest BCUT2D eigenvalue weighted by Gasteiger charge is 2.31. The molecule has 1 heterocycles. The summed E-state index contributed by atoms with van der Waals surface area (Å²) in [6.07, 6.45) is 5.22. The molecule has 0 amide bonds. The Kier molecular flexibility index (Phi) is 5.62. The zero-order chi connectivity index (χ0) is 15.5. The first-order valence-electron chi connectivity index (χ1n) is 7.18. The van der Waals surface area contributed by atoms with Crippen LogP contribution in [0.2, 0.25) is 0 Å². The van der Waals surface area contributed by atoms with E-state index < -0.39 is 15.3 Å². The molecule has 0 saturated heterocycles. The van der Waals surface area contributed by atoms with Gasteiger partial charge in [0.15, 0.2) is 0 Å². The molecule has 21 heavy (non-hydrogen) atoms. The predicted octanol–water partition coefficient (Wildman–Crippen LogP) is 2.86. The maximum Gasteiger partial charge on any atom is 0.214 e. The quantitative estimate of drug-likeness (QED) is 0.802. The van der Waals surface area contributed by atoms with Gasteiger partial charge >= 0.3 is 0 Å². The van der Waals surface area contributed by atoms with Crippen LogP contribution in [-0.2, 0) is 10.0 Å². The van der Waals surface area contributed by atoms with Gasteiger partial charge in [-0.25, -0.2) is 18.1 Å². The Balaban J connectivity index is 2.07. The SMILES string of the molecule is CC(C)S(=O)(=O)NC1CCCCC1Oc1ccc(Br)nc1. The molecule has 0 aromatic carbocycles. The van der Waals surface area contributed by atoms with Crippen LogP contribution in [0.15, 0.2) is 22.9 Å². The van der Waals surface area contributed by atoms with Crippen molar-refractivity contribution < 1.29 is 13.2 Å². The highest BCUT2D eigenvalue weighted by atomic mass is 79.9. The van der Waals surface area contributed by atoms with E-state index in [0.29, 0.717) is 5.75 Å². The van der Waals surface area contributed by atoms with E-state index in [0.717, 1.165) is 30.3 Å². The lowest BCUT2D eigenvalue weighted by molar-refractivity contribution is 0.124. The number of sulfonamides is 1. The summed E-state index contributed by atoms with van der Waals surface area (Å²) in [7, 11) is -3.28. The van der Waals surface area contributed by atoms with E-state index in [9.17, 15) is 8.42 Å². The second-order valence-electron chi connectivity index (χ2n) is 5.58. The van der Waals surface area contributed by atoms with Crippen LogP contribution in [0.3, 0.4) is 0 Å². The molecule has 1 aromatic heterocycles. The number of ether oxygens (including phenoxy) is 1. The molecule has 0 spiro atoms. The fourth-order valence-corrected chi connectivity index (χ4v) is 3.52. The zero-order valence-electron chi connectivity index (χ0n) is 12.3. The molecule has 1 saturated carbocycles. The monoisotopic (exact) mass is 376 g/mol. The van der Waals surface area contributed by atoms with Crippen molar-refractivity contribution in [1.82, 2.24) is 9.71 Å². The van der Waals surface area contributed by atoms with Gasteiger partial charge in [-0.2, -0.15) is 0 Å². The Morgan fingerprint density at radius 3 is 2.67 bits per heavy atom. The normalized spacial score (nSPS) is 23.2. The van der Waals surface area contributed by atoms with E-state index in [1.807, 2.05) is 12.1 Å². The first-order chi connectivity index (χ1) is 9.88. The molecule has 2 atom stereocenters. The van der Waals surface area contributed by atoms with Crippen molar-refractivity contribution in [3.05, 3.63) is 22.9 Å². The van der Waals surface area contributed by atoms with Crippen molar-refractivity contribution >= 4 is 26.0 Å². The summed E-state index contributed by atoms with van der Waals surface area (Å²) in [5.74, 6) is 0.666. The Labute approximate surface area is 134 Å². The zero-order valence-corrected chi connectivity index (χ0v) is 14.7. The predicted molar refractivity (Wildman–Crippen MR) is 85.8 cm³/mol. The van der Waals surface area contributed by atoms with Gasteiger partial charge in [0.2, 0.25) is 10.0 Å². The highest BCUT2D eigenvalue weighted by molar-refractivity contribution is 9.10. The third kappa shape index (κ3) is 4.66. The van der Waals surface area contributed by atoms with Gasteiger partial charge in [0.1, 0.15) is 16.5 Å². The van der Waals surface area contributed by atoms with E-state index in [1.165, 1.54) is 0 Å². The summed E-state index contributed by atoms with van der Waals surface area (Å²) in [4.78, 5) is 4.13. The minimum Gasteiger partial charge on any atom is -0.487 e. The molecule has 5 nitrogen and oxygen atoms in total. The summed E-state index contributed by atoms with van der Waals surface area (Å²) in [5.41, 5.74) is 0. The summed E-state index contributed by atoms with van der Waals surface area (Å²) >= 11 is 3.28. The van der Waals surface area contributed by atoms with Crippen LogP contribution in [-0.4, -0.2) is 30.8 Å². The van der Waals surface area contributed by atoms with Crippen LogP contribution < -0.4 is 9.46 Å². The smallest absolute Gasteiger partial charge is 0.214 e. The minimum atomic E-state index is -3.28. The Morgan fingerprint density at radius 1 is 1.33 bits per heavy atom. The second kappa shape index (κ2) is 7.07. The number of hydrogen-bond acceptors (Lipinski definition) is 4. The van der Waals surface area contributed by atoms with Crippen molar-refractivity contribution in [2.24, 2.45) is 0 Å². The van der Waals surface area contributed by atoms with Crippen molar-refractivity contribution in [3.8, 4) is 5.75 Å². The molecule has 1 fully saturated rings. The standard InChI is InChI=1S/C14H21BrN2O3S/c1-10(2)21(18,19)17-12-5-3-4-6-13(12)20-11-7-8-14(15)16-9-11/h7-10,12-13,17H,3-6H2,1-2H3. The van der Waals surface area contributed by atoms with Crippen LogP contribution in [0.5, 0.6) is 5.75 Å². The Hall–Kier alpha value is -0.660. The van der Waals surface area contributed by atoms with Crippen molar-refractivity contribution in [2.75, 3.05) is 0 Å². The van der Waals surface area contributed by atoms with Gasteiger partial charge in [-0.1, -0.05) is 6.42 Å². The fraction of sp³-hybridized carbons (Fsp3) is 0.643. The number of nitrogens with zero attached hydrogens (tertiary/aromatic N) is 1. The van der Waals surface area contributed by atoms with E-state index in [2.05, 4.69) is 25.6 Å². The van der Waals surface area contributed by atoms with Gasteiger partial charge in [0, 0.05) is 0 Å². The number of hydrogen-bond donors (Lipinski definition) is 1. The van der Waals surface area contributed by atoms with Crippen molar-refractivity contribution in [3.63, 3.8) is 0 Å². The molecule has 2 rings (SSSR count). The van der Waals surface area contributed by atoms with Gasteiger partial charge < -0.3 is 4.74 Å². The maximum atomic E-state index is 12.1. The van der Waals surface area contributed by atoms with E-state index >= 15 is 0 Å². The van der Waals surface area contributed by atoms with Gasteiger partial charge in [0.05, 0.1) is 17.5 Å².